The van der Waals surface area contributed by atoms with Gasteiger partial charge >= 0.3 is 0 Å². The first kappa shape index (κ1) is 16.5. The summed E-state index contributed by atoms with van der Waals surface area (Å²) in [6, 6.07) is 0. The molecular formula is C20H34O2. The van der Waals surface area contributed by atoms with Crippen LogP contribution in [0.15, 0.2) is 11.6 Å². The Labute approximate surface area is 136 Å². The Morgan fingerprint density at radius 2 is 2.00 bits per heavy atom. The van der Waals surface area contributed by atoms with Gasteiger partial charge in [0, 0.05) is 0 Å². The second-order valence-electron chi connectivity index (χ2n) is 8.88. The molecule has 0 saturated carbocycles. The monoisotopic (exact) mass is 306 g/mol. The molecule has 2 bridgehead atoms. The van der Waals surface area contributed by atoms with Crippen LogP contribution in [0.2, 0.25) is 0 Å². The van der Waals surface area contributed by atoms with Crippen molar-refractivity contribution in [1.29, 1.82) is 0 Å². The van der Waals surface area contributed by atoms with E-state index in [1.165, 1.54) is 31.3 Å². The first-order chi connectivity index (χ1) is 10.3. The summed E-state index contributed by atoms with van der Waals surface area (Å²) in [5, 5.41) is 10.3. The third-order valence-electron chi connectivity index (χ3n) is 7.37. The normalized spacial score (nSPS) is 49.3. The van der Waals surface area contributed by atoms with Crippen molar-refractivity contribution in [2.24, 2.45) is 23.7 Å². The second-order valence-corrected chi connectivity index (χ2v) is 8.88. The first-order valence-electron chi connectivity index (χ1n) is 9.31. The fourth-order valence-electron chi connectivity index (χ4n) is 5.56. The fourth-order valence-corrected chi connectivity index (χ4v) is 5.56. The van der Waals surface area contributed by atoms with Gasteiger partial charge in [0.25, 0.3) is 0 Å². The maximum Gasteiger partial charge on any atom is 0.0754 e. The zero-order valence-corrected chi connectivity index (χ0v) is 15.1. The van der Waals surface area contributed by atoms with Gasteiger partial charge in [0.05, 0.1) is 17.3 Å². The topological polar surface area (TPSA) is 29.5 Å². The zero-order chi connectivity index (χ0) is 16.1. The minimum absolute atomic E-state index is 0.107. The highest BCUT2D eigenvalue weighted by Crippen LogP contribution is 2.58. The van der Waals surface area contributed by atoms with Gasteiger partial charge in [0.2, 0.25) is 0 Å². The lowest BCUT2D eigenvalue weighted by atomic mass is 9.66. The SMILES string of the molecule is CC1=C[C@@H](O)[C@@H]([C@H](C)CC[C@@H]2[C@@H](C)[C@@]3(C)CC[C@]2(C)O3)CC1. The smallest absolute Gasteiger partial charge is 0.0754 e. The van der Waals surface area contributed by atoms with Gasteiger partial charge in [0.1, 0.15) is 0 Å². The van der Waals surface area contributed by atoms with Crippen LogP contribution in [-0.4, -0.2) is 22.4 Å². The molecule has 1 aliphatic carbocycles. The van der Waals surface area contributed by atoms with Crippen molar-refractivity contribution in [3.05, 3.63) is 11.6 Å². The van der Waals surface area contributed by atoms with Crippen LogP contribution in [-0.2, 0) is 4.74 Å². The van der Waals surface area contributed by atoms with Crippen LogP contribution in [0.5, 0.6) is 0 Å². The number of hydrogen-bond donors (Lipinski definition) is 1. The summed E-state index contributed by atoms with van der Waals surface area (Å²) >= 11 is 0. The predicted octanol–water partition coefficient (Wildman–Crippen LogP) is 4.71. The van der Waals surface area contributed by atoms with Crippen molar-refractivity contribution < 1.29 is 9.84 Å². The van der Waals surface area contributed by atoms with Gasteiger partial charge in [-0.05, 0) is 83.0 Å². The molecule has 0 aromatic carbocycles. The van der Waals surface area contributed by atoms with Crippen LogP contribution in [0.1, 0.15) is 73.1 Å². The molecule has 3 aliphatic rings. The van der Waals surface area contributed by atoms with Gasteiger partial charge in [-0.3, -0.25) is 0 Å². The molecule has 1 N–H and O–H groups in total. The Hall–Kier alpha value is -0.340. The van der Waals surface area contributed by atoms with Crippen LogP contribution in [0, 0.1) is 23.7 Å². The fraction of sp³-hybridized carbons (Fsp3) is 0.900. The summed E-state index contributed by atoms with van der Waals surface area (Å²) in [5.41, 5.74) is 1.58. The maximum atomic E-state index is 10.3. The van der Waals surface area contributed by atoms with E-state index in [9.17, 15) is 5.11 Å². The molecule has 0 spiro atoms. The van der Waals surface area contributed by atoms with E-state index in [4.69, 9.17) is 4.74 Å². The van der Waals surface area contributed by atoms with Gasteiger partial charge in [-0.2, -0.15) is 0 Å². The second kappa shape index (κ2) is 5.63. The minimum Gasteiger partial charge on any atom is -0.389 e. The third-order valence-corrected chi connectivity index (χ3v) is 7.37. The molecule has 3 rings (SSSR count). The first-order valence-corrected chi connectivity index (χ1v) is 9.31. The standard InChI is InChI=1S/C20H34O2/c1-13-6-8-16(18(21)12-13)14(2)7-9-17-15(3)19(4)10-11-20(17,5)22-19/h12,14-18,21H,6-11H2,1-5H3/t14-,15-,16-,17-,18-,19-,20+/m1/s1. The number of fused-ring (bicyclic) bond motifs is 2. The summed E-state index contributed by atoms with van der Waals surface area (Å²) in [6.45, 7) is 11.5. The van der Waals surface area contributed by atoms with Gasteiger partial charge < -0.3 is 9.84 Å². The largest absolute Gasteiger partial charge is 0.389 e. The molecule has 0 unspecified atom stereocenters. The highest BCUT2D eigenvalue weighted by molar-refractivity contribution is 5.10. The maximum absolute atomic E-state index is 10.3. The summed E-state index contributed by atoms with van der Waals surface area (Å²) in [6.07, 6.45) is 9.07. The highest BCUT2D eigenvalue weighted by Gasteiger charge is 2.60. The lowest BCUT2D eigenvalue weighted by Crippen LogP contribution is -2.37. The van der Waals surface area contributed by atoms with Crippen LogP contribution in [0.3, 0.4) is 0 Å². The average Bonchev–Trinajstić information content (AvgIpc) is 2.84. The number of aliphatic hydroxyl groups excluding tert-OH is 1. The van der Waals surface area contributed by atoms with Crippen molar-refractivity contribution in [1.82, 2.24) is 0 Å². The van der Waals surface area contributed by atoms with E-state index in [1.54, 1.807) is 0 Å². The van der Waals surface area contributed by atoms with Gasteiger partial charge in [-0.25, -0.2) is 0 Å². The van der Waals surface area contributed by atoms with Crippen LogP contribution < -0.4 is 0 Å². The highest BCUT2D eigenvalue weighted by atomic mass is 16.5. The van der Waals surface area contributed by atoms with Crippen LogP contribution in [0.25, 0.3) is 0 Å². The Balaban J connectivity index is 1.59. The molecule has 2 heterocycles. The summed E-state index contributed by atoms with van der Waals surface area (Å²) in [7, 11) is 0. The molecular weight excluding hydrogens is 272 g/mol. The van der Waals surface area contributed by atoms with Gasteiger partial charge in [-0.15, -0.1) is 0 Å². The molecule has 2 aliphatic heterocycles. The Kier molecular flexibility index (Phi) is 4.23. The molecule has 0 radical (unpaired) electrons. The molecule has 2 fully saturated rings. The molecule has 22 heavy (non-hydrogen) atoms. The average molecular weight is 306 g/mol. The Morgan fingerprint density at radius 1 is 1.32 bits per heavy atom. The van der Waals surface area contributed by atoms with Gasteiger partial charge in [-0.1, -0.05) is 25.5 Å². The molecule has 0 aromatic heterocycles. The number of allylic oxidation sites excluding steroid dienone is 1. The summed E-state index contributed by atoms with van der Waals surface area (Å²) in [4.78, 5) is 0. The van der Waals surface area contributed by atoms with Crippen molar-refractivity contribution in [2.75, 3.05) is 0 Å². The molecule has 2 heteroatoms. The molecule has 2 saturated heterocycles. The molecule has 2 nitrogen and oxygen atoms in total. The summed E-state index contributed by atoms with van der Waals surface area (Å²) < 4.78 is 6.43. The van der Waals surface area contributed by atoms with E-state index in [2.05, 4.69) is 40.7 Å². The van der Waals surface area contributed by atoms with E-state index in [-0.39, 0.29) is 17.3 Å². The van der Waals surface area contributed by atoms with Crippen molar-refractivity contribution in [3.63, 3.8) is 0 Å². The van der Waals surface area contributed by atoms with E-state index >= 15 is 0 Å². The lowest BCUT2D eigenvalue weighted by molar-refractivity contribution is -0.0434. The number of ether oxygens (including phenoxy) is 1. The van der Waals surface area contributed by atoms with E-state index in [0.717, 1.165) is 12.8 Å². The summed E-state index contributed by atoms with van der Waals surface area (Å²) in [5.74, 6) is 2.40. The van der Waals surface area contributed by atoms with Crippen molar-refractivity contribution in [3.8, 4) is 0 Å². The molecule has 0 aromatic rings. The van der Waals surface area contributed by atoms with E-state index < -0.39 is 0 Å². The molecule has 126 valence electrons. The van der Waals surface area contributed by atoms with E-state index in [0.29, 0.717) is 23.7 Å². The Bertz CT molecular complexity index is 457. The Morgan fingerprint density at radius 3 is 2.59 bits per heavy atom. The quantitative estimate of drug-likeness (QED) is 0.762. The van der Waals surface area contributed by atoms with Crippen LogP contribution in [0.4, 0.5) is 0 Å². The number of rotatable bonds is 4. The minimum atomic E-state index is -0.231. The lowest BCUT2D eigenvalue weighted by Gasteiger charge is -2.36. The van der Waals surface area contributed by atoms with Crippen LogP contribution >= 0.6 is 0 Å². The number of hydrogen-bond acceptors (Lipinski definition) is 2. The predicted molar refractivity (Wildman–Crippen MR) is 90.7 cm³/mol. The molecule has 7 atom stereocenters. The van der Waals surface area contributed by atoms with Crippen molar-refractivity contribution in [2.45, 2.75) is 90.4 Å². The van der Waals surface area contributed by atoms with Gasteiger partial charge in [0.15, 0.2) is 0 Å². The van der Waals surface area contributed by atoms with Crippen molar-refractivity contribution >= 4 is 0 Å². The molecule has 0 amide bonds. The zero-order valence-electron chi connectivity index (χ0n) is 15.1. The number of aliphatic hydroxyl groups is 1. The van der Waals surface area contributed by atoms with E-state index in [1.807, 2.05) is 0 Å². The third kappa shape index (κ3) is 2.67.